The molecule has 15 heavy (non-hydrogen) atoms. The Morgan fingerprint density at radius 1 is 1.40 bits per heavy atom. The van der Waals surface area contributed by atoms with Gasteiger partial charge in [0.15, 0.2) is 0 Å². The molecule has 1 aromatic rings. The van der Waals surface area contributed by atoms with Gasteiger partial charge in [-0.2, -0.15) is 0 Å². The van der Waals surface area contributed by atoms with E-state index in [-0.39, 0.29) is 0 Å². The van der Waals surface area contributed by atoms with Gasteiger partial charge >= 0.3 is 6.01 Å². The van der Waals surface area contributed by atoms with E-state index in [1.807, 2.05) is 0 Å². The van der Waals surface area contributed by atoms with Crippen LogP contribution in [0.4, 0.5) is 6.01 Å². The Bertz CT molecular complexity index is 274. The highest BCUT2D eigenvalue weighted by Gasteiger charge is 2.07. The van der Waals surface area contributed by atoms with E-state index in [4.69, 9.17) is 10.2 Å². The number of nitrogens with two attached hydrogens (primary N) is 1. The van der Waals surface area contributed by atoms with Crippen molar-refractivity contribution in [2.45, 2.75) is 52.1 Å². The normalized spacial score (nSPS) is 12.7. The molecule has 0 spiro atoms. The minimum Gasteiger partial charge on any atom is -0.407 e. The van der Waals surface area contributed by atoms with E-state index in [9.17, 15) is 0 Å². The van der Waals surface area contributed by atoms with Crippen LogP contribution in [0, 0.1) is 0 Å². The zero-order valence-electron chi connectivity index (χ0n) is 9.49. The van der Waals surface area contributed by atoms with Gasteiger partial charge in [-0.3, -0.25) is 0 Å². The number of nitrogens with zero attached hydrogens (tertiary/aromatic N) is 2. The summed E-state index contributed by atoms with van der Waals surface area (Å²) in [5, 5.41) is 10.8. The summed E-state index contributed by atoms with van der Waals surface area (Å²) in [4.78, 5) is 0. The third-order valence-corrected chi connectivity index (χ3v) is 2.25. The highest BCUT2D eigenvalue weighted by atomic mass is 16.4. The van der Waals surface area contributed by atoms with Gasteiger partial charge in [-0.1, -0.05) is 31.3 Å². The Morgan fingerprint density at radius 3 is 2.80 bits per heavy atom. The fourth-order valence-electron chi connectivity index (χ4n) is 1.38. The highest BCUT2D eigenvalue weighted by molar-refractivity contribution is 5.18. The average Bonchev–Trinajstić information content (AvgIpc) is 2.66. The number of anilines is 1. The monoisotopic (exact) mass is 212 g/mol. The van der Waals surface area contributed by atoms with E-state index in [1.165, 1.54) is 19.3 Å². The summed E-state index contributed by atoms with van der Waals surface area (Å²) in [6.07, 6.45) is 4.85. The molecule has 0 aliphatic carbocycles. The van der Waals surface area contributed by atoms with Crippen LogP contribution in [0.15, 0.2) is 4.42 Å². The lowest BCUT2D eigenvalue weighted by atomic mass is 10.1. The molecule has 0 aromatic carbocycles. The second kappa shape index (κ2) is 6.40. The van der Waals surface area contributed by atoms with E-state index in [0.29, 0.717) is 24.5 Å². The van der Waals surface area contributed by atoms with Crippen LogP contribution in [0.25, 0.3) is 0 Å². The average molecular weight is 212 g/mol. The first-order chi connectivity index (χ1) is 7.26. The molecule has 86 valence electrons. The van der Waals surface area contributed by atoms with Gasteiger partial charge in [-0.05, 0) is 13.3 Å². The minimum atomic E-state index is 0.291. The van der Waals surface area contributed by atoms with Crippen molar-refractivity contribution in [1.82, 2.24) is 10.2 Å². The molecule has 0 aliphatic heterocycles. The molecule has 0 saturated heterocycles. The predicted octanol–water partition coefficient (Wildman–Crippen LogP) is 1.91. The van der Waals surface area contributed by atoms with Crippen molar-refractivity contribution < 1.29 is 4.42 Å². The number of nitrogens with one attached hydrogen (secondary N) is 1. The Morgan fingerprint density at radius 2 is 2.20 bits per heavy atom. The number of hydrogen-bond acceptors (Lipinski definition) is 5. The first kappa shape index (κ1) is 12.0. The maximum atomic E-state index is 5.37. The third-order valence-electron chi connectivity index (χ3n) is 2.25. The molecule has 1 unspecified atom stereocenters. The molecule has 1 aromatic heterocycles. The lowest BCUT2D eigenvalue weighted by Crippen LogP contribution is -2.15. The summed E-state index contributed by atoms with van der Waals surface area (Å²) in [5.74, 6) is 0.471. The van der Waals surface area contributed by atoms with E-state index in [2.05, 4.69) is 29.4 Å². The molecule has 5 heteroatoms. The largest absolute Gasteiger partial charge is 0.407 e. The van der Waals surface area contributed by atoms with Crippen molar-refractivity contribution >= 4 is 6.01 Å². The highest BCUT2D eigenvalue weighted by Crippen LogP contribution is 2.10. The summed E-state index contributed by atoms with van der Waals surface area (Å²) < 4.78 is 5.25. The van der Waals surface area contributed by atoms with Crippen LogP contribution >= 0.6 is 0 Å². The fourth-order valence-corrected chi connectivity index (χ4v) is 1.38. The quantitative estimate of drug-likeness (QED) is 0.675. The maximum absolute atomic E-state index is 5.37. The number of unbranched alkanes of at least 4 members (excludes halogenated alkanes) is 2. The Hall–Kier alpha value is -1.10. The van der Waals surface area contributed by atoms with Gasteiger partial charge < -0.3 is 15.5 Å². The fraction of sp³-hybridized carbons (Fsp3) is 0.800. The Balaban J connectivity index is 2.27. The van der Waals surface area contributed by atoms with Crippen molar-refractivity contribution in [3.05, 3.63) is 5.89 Å². The van der Waals surface area contributed by atoms with E-state index in [1.54, 1.807) is 0 Å². The Labute approximate surface area is 90.4 Å². The van der Waals surface area contributed by atoms with Crippen molar-refractivity contribution in [1.29, 1.82) is 0 Å². The van der Waals surface area contributed by atoms with Crippen molar-refractivity contribution in [2.75, 3.05) is 5.32 Å². The molecule has 5 nitrogen and oxygen atoms in total. The maximum Gasteiger partial charge on any atom is 0.315 e. The first-order valence-corrected chi connectivity index (χ1v) is 5.55. The molecule has 1 rings (SSSR count). The molecule has 1 atom stereocenters. The lowest BCUT2D eigenvalue weighted by molar-refractivity contribution is 0.497. The zero-order chi connectivity index (χ0) is 11.1. The van der Waals surface area contributed by atoms with Crippen LogP contribution in [-0.2, 0) is 6.54 Å². The van der Waals surface area contributed by atoms with E-state index >= 15 is 0 Å². The van der Waals surface area contributed by atoms with Gasteiger partial charge in [0, 0.05) is 6.04 Å². The van der Waals surface area contributed by atoms with Crippen LogP contribution in [0.1, 0.15) is 45.4 Å². The standard InChI is InChI=1S/C10H20N4O/c1-3-4-5-6-8(2)12-10-14-13-9(7-11)15-10/h8H,3-7,11H2,1-2H3,(H,12,14). The summed E-state index contributed by atoms with van der Waals surface area (Å²) in [6, 6.07) is 0.835. The Kier molecular flexibility index (Phi) is 5.10. The van der Waals surface area contributed by atoms with Gasteiger partial charge in [0.05, 0.1) is 6.54 Å². The summed E-state index contributed by atoms with van der Waals surface area (Å²) in [5.41, 5.74) is 5.37. The molecule has 0 bridgehead atoms. The topological polar surface area (TPSA) is 77.0 Å². The molecule has 3 N–H and O–H groups in total. The first-order valence-electron chi connectivity index (χ1n) is 5.55. The van der Waals surface area contributed by atoms with Crippen LogP contribution in [0.3, 0.4) is 0 Å². The van der Waals surface area contributed by atoms with Crippen molar-refractivity contribution in [2.24, 2.45) is 5.73 Å². The predicted molar refractivity (Wildman–Crippen MR) is 59.4 cm³/mol. The van der Waals surface area contributed by atoms with Gasteiger partial charge in [0.25, 0.3) is 0 Å². The molecular formula is C10H20N4O. The van der Waals surface area contributed by atoms with Crippen LogP contribution < -0.4 is 11.1 Å². The van der Waals surface area contributed by atoms with Crippen LogP contribution in [0.5, 0.6) is 0 Å². The van der Waals surface area contributed by atoms with Gasteiger partial charge in [-0.15, -0.1) is 5.10 Å². The lowest BCUT2D eigenvalue weighted by Gasteiger charge is -2.10. The summed E-state index contributed by atoms with van der Waals surface area (Å²) in [6.45, 7) is 4.60. The van der Waals surface area contributed by atoms with Crippen molar-refractivity contribution in [3.63, 3.8) is 0 Å². The van der Waals surface area contributed by atoms with Gasteiger partial charge in [-0.25, -0.2) is 0 Å². The van der Waals surface area contributed by atoms with Crippen LogP contribution in [-0.4, -0.2) is 16.2 Å². The molecule has 1 heterocycles. The van der Waals surface area contributed by atoms with Gasteiger partial charge in [0.2, 0.25) is 5.89 Å². The molecular weight excluding hydrogens is 192 g/mol. The molecule has 0 saturated carbocycles. The third kappa shape index (κ3) is 4.29. The second-order valence-electron chi connectivity index (χ2n) is 3.75. The second-order valence-corrected chi connectivity index (χ2v) is 3.75. The SMILES string of the molecule is CCCCCC(C)Nc1nnc(CN)o1. The minimum absolute atomic E-state index is 0.291. The van der Waals surface area contributed by atoms with Gasteiger partial charge in [0.1, 0.15) is 0 Å². The number of aromatic nitrogens is 2. The molecule has 0 aliphatic rings. The molecule has 0 fully saturated rings. The van der Waals surface area contributed by atoms with Crippen LogP contribution in [0.2, 0.25) is 0 Å². The number of rotatable bonds is 7. The summed E-state index contributed by atoms with van der Waals surface area (Å²) >= 11 is 0. The molecule has 0 radical (unpaired) electrons. The van der Waals surface area contributed by atoms with E-state index in [0.717, 1.165) is 6.42 Å². The smallest absolute Gasteiger partial charge is 0.315 e. The summed E-state index contributed by atoms with van der Waals surface area (Å²) in [7, 11) is 0. The van der Waals surface area contributed by atoms with E-state index < -0.39 is 0 Å². The number of hydrogen-bond donors (Lipinski definition) is 2. The van der Waals surface area contributed by atoms with Crippen molar-refractivity contribution in [3.8, 4) is 0 Å². The zero-order valence-corrected chi connectivity index (χ0v) is 9.49. The molecule has 0 amide bonds.